The molecule has 2 unspecified atom stereocenters. The van der Waals surface area contributed by atoms with E-state index in [1.54, 1.807) is 0 Å². The second kappa shape index (κ2) is 5.97. The molecular formula is C18H23BrN2O. The van der Waals surface area contributed by atoms with E-state index in [1.165, 1.54) is 32.4 Å². The number of rotatable bonds is 3. The number of hydrogen-bond donors (Lipinski definition) is 0. The molecule has 4 heteroatoms. The van der Waals surface area contributed by atoms with Crippen molar-refractivity contribution in [1.82, 2.24) is 9.80 Å². The molecule has 1 aliphatic carbocycles. The molecular weight excluding hydrogens is 340 g/mol. The average Bonchev–Trinajstić information content (AvgIpc) is 3.01. The van der Waals surface area contributed by atoms with E-state index in [0.717, 1.165) is 35.0 Å². The number of amides is 1. The lowest BCUT2D eigenvalue weighted by molar-refractivity contribution is -0.137. The van der Waals surface area contributed by atoms with Gasteiger partial charge in [-0.3, -0.25) is 9.69 Å². The molecule has 0 radical (unpaired) electrons. The van der Waals surface area contributed by atoms with Crippen molar-refractivity contribution in [3.63, 3.8) is 0 Å². The van der Waals surface area contributed by atoms with Crippen molar-refractivity contribution in [2.24, 2.45) is 11.8 Å². The van der Waals surface area contributed by atoms with Gasteiger partial charge in [-0.15, -0.1) is 0 Å². The SMILES string of the molecule is O=C(Cc1ccc(Br)cc1)N1CC(N2CC3CCCC3C2)C1. The van der Waals surface area contributed by atoms with Crippen molar-refractivity contribution in [1.29, 1.82) is 0 Å². The number of likely N-dealkylation sites (tertiary alicyclic amines) is 2. The predicted molar refractivity (Wildman–Crippen MR) is 90.6 cm³/mol. The van der Waals surface area contributed by atoms with Crippen LogP contribution in [0.1, 0.15) is 24.8 Å². The lowest BCUT2D eigenvalue weighted by atomic mass is 10.0. The van der Waals surface area contributed by atoms with Crippen molar-refractivity contribution in [3.05, 3.63) is 34.3 Å². The molecule has 0 spiro atoms. The quantitative estimate of drug-likeness (QED) is 0.825. The third kappa shape index (κ3) is 2.83. The molecule has 2 aliphatic heterocycles. The number of fused-ring (bicyclic) bond motifs is 1. The Balaban J connectivity index is 1.26. The fourth-order valence-electron chi connectivity index (χ4n) is 4.35. The standard InChI is InChI=1S/C18H23BrN2O/c19-16-6-4-13(5-7-16)8-18(22)21-11-17(12-21)20-9-14-2-1-3-15(14)10-20/h4-7,14-15,17H,1-3,8-12H2. The van der Waals surface area contributed by atoms with Crippen LogP contribution in [0.15, 0.2) is 28.7 Å². The highest BCUT2D eigenvalue weighted by molar-refractivity contribution is 9.10. The summed E-state index contributed by atoms with van der Waals surface area (Å²) in [5, 5.41) is 0. The monoisotopic (exact) mass is 362 g/mol. The van der Waals surface area contributed by atoms with E-state index in [2.05, 4.69) is 20.8 Å². The summed E-state index contributed by atoms with van der Waals surface area (Å²) in [7, 11) is 0. The number of carbonyl (C=O) groups is 1. The van der Waals surface area contributed by atoms with Crippen LogP contribution < -0.4 is 0 Å². The number of hydrogen-bond acceptors (Lipinski definition) is 2. The molecule has 1 aromatic rings. The van der Waals surface area contributed by atoms with E-state index in [9.17, 15) is 4.79 Å². The summed E-state index contributed by atoms with van der Waals surface area (Å²) >= 11 is 3.43. The van der Waals surface area contributed by atoms with Gasteiger partial charge in [-0.05, 0) is 42.4 Å². The molecule has 0 N–H and O–H groups in total. The van der Waals surface area contributed by atoms with Gasteiger partial charge in [0.25, 0.3) is 0 Å². The van der Waals surface area contributed by atoms with E-state index in [0.29, 0.717) is 12.5 Å². The van der Waals surface area contributed by atoms with Gasteiger partial charge in [0, 0.05) is 36.7 Å². The first-order chi connectivity index (χ1) is 10.7. The van der Waals surface area contributed by atoms with Crippen molar-refractivity contribution < 1.29 is 4.79 Å². The second-order valence-corrected chi connectivity index (χ2v) is 8.08. The van der Waals surface area contributed by atoms with Crippen LogP contribution in [-0.4, -0.2) is 47.9 Å². The third-order valence-corrected chi connectivity index (χ3v) is 6.28. The molecule has 0 bridgehead atoms. The molecule has 22 heavy (non-hydrogen) atoms. The minimum absolute atomic E-state index is 0.276. The van der Waals surface area contributed by atoms with Crippen molar-refractivity contribution in [2.75, 3.05) is 26.2 Å². The fourth-order valence-corrected chi connectivity index (χ4v) is 4.61. The van der Waals surface area contributed by atoms with Crippen molar-refractivity contribution in [2.45, 2.75) is 31.7 Å². The average molecular weight is 363 g/mol. The van der Waals surface area contributed by atoms with Crippen molar-refractivity contribution >= 4 is 21.8 Å². The summed E-state index contributed by atoms with van der Waals surface area (Å²) in [5.41, 5.74) is 1.10. The first-order valence-corrected chi connectivity index (χ1v) is 9.24. The zero-order chi connectivity index (χ0) is 15.1. The van der Waals surface area contributed by atoms with Crippen LogP contribution in [0, 0.1) is 11.8 Å². The Labute approximate surface area is 140 Å². The summed E-state index contributed by atoms with van der Waals surface area (Å²) in [6.07, 6.45) is 4.83. The molecule has 118 valence electrons. The first-order valence-electron chi connectivity index (χ1n) is 8.45. The van der Waals surface area contributed by atoms with Crippen molar-refractivity contribution in [3.8, 4) is 0 Å². The molecule has 3 aliphatic rings. The Bertz CT molecular complexity index is 541. The molecule has 2 atom stereocenters. The van der Waals surface area contributed by atoms with Gasteiger partial charge in [-0.25, -0.2) is 0 Å². The summed E-state index contributed by atoms with van der Waals surface area (Å²) < 4.78 is 1.06. The highest BCUT2D eigenvalue weighted by Gasteiger charge is 2.42. The fraction of sp³-hybridized carbons (Fsp3) is 0.611. The topological polar surface area (TPSA) is 23.6 Å². The van der Waals surface area contributed by atoms with Gasteiger partial charge < -0.3 is 4.90 Å². The molecule has 0 aromatic heterocycles. The Morgan fingerprint density at radius 2 is 1.68 bits per heavy atom. The van der Waals surface area contributed by atoms with E-state index >= 15 is 0 Å². The van der Waals surface area contributed by atoms with Gasteiger partial charge in [0.15, 0.2) is 0 Å². The molecule has 4 rings (SSSR count). The molecule has 2 saturated heterocycles. The van der Waals surface area contributed by atoms with Gasteiger partial charge >= 0.3 is 0 Å². The Morgan fingerprint density at radius 3 is 2.32 bits per heavy atom. The Hall–Kier alpha value is -0.870. The molecule has 3 nitrogen and oxygen atoms in total. The minimum atomic E-state index is 0.276. The molecule has 1 amide bonds. The van der Waals surface area contributed by atoms with E-state index < -0.39 is 0 Å². The van der Waals surface area contributed by atoms with Crippen LogP contribution in [0.5, 0.6) is 0 Å². The summed E-state index contributed by atoms with van der Waals surface area (Å²) in [4.78, 5) is 17.0. The predicted octanol–water partition coefficient (Wildman–Crippen LogP) is 2.93. The summed E-state index contributed by atoms with van der Waals surface area (Å²) in [6, 6.07) is 8.69. The van der Waals surface area contributed by atoms with Gasteiger partial charge in [0.2, 0.25) is 5.91 Å². The zero-order valence-electron chi connectivity index (χ0n) is 12.9. The highest BCUT2D eigenvalue weighted by atomic mass is 79.9. The first kappa shape index (κ1) is 14.7. The summed E-state index contributed by atoms with van der Waals surface area (Å²) in [6.45, 7) is 4.44. The van der Waals surface area contributed by atoms with Gasteiger partial charge in [-0.2, -0.15) is 0 Å². The largest absolute Gasteiger partial charge is 0.339 e. The van der Waals surface area contributed by atoms with Crippen LogP contribution in [0.4, 0.5) is 0 Å². The van der Waals surface area contributed by atoms with E-state index in [4.69, 9.17) is 0 Å². The normalized spacial score (nSPS) is 28.7. The number of carbonyl (C=O) groups excluding carboxylic acids is 1. The Kier molecular flexibility index (Phi) is 3.99. The third-order valence-electron chi connectivity index (χ3n) is 5.75. The van der Waals surface area contributed by atoms with Gasteiger partial charge in [0.1, 0.15) is 0 Å². The maximum absolute atomic E-state index is 12.3. The van der Waals surface area contributed by atoms with Crippen LogP contribution >= 0.6 is 15.9 Å². The number of halogens is 1. The second-order valence-electron chi connectivity index (χ2n) is 7.16. The molecule has 1 saturated carbocycles. The van der Waals surface area contributed by atoms with Crippen LogP contribution in [0.3, 0.4) is 0 Å². The molecule has 2 heterocycles. The Morgan fingerprint density at radius 1 is 1.05 bits per heavy atom. The summed E-state index contributed by atoms with van der Waals surface area (Å²) in [5.74, 6) is 2.18. The number of nitrogens with zero attached hydrogens (tertiary/aromatic N) is 2. The molecule has 3 fully saturated rings. The minimum Gasteiger partial charge on any atom is -0.339 e. The maximum Gasteiger partial charge on any atom is 0.227 e. The lowest BCUT2D eigenvalue weighted by Crippen LogP contribution is -2.61. The van der Waals surface area contributed by atoms with Crippen LogP contribution in [0.2, 0.25) is 0 Å². The van der Waals surface area contributed by atoms with E-state index in [1.807, 2.05) is 29.2 Å². The van der Waals surface area contributed by atoms with Crippen LogP contribution in [-0.2, 0) is 11.2 Å². The zero-order valence-corrected chi connectivity index (χ0v) is 14.5. The van der Waals surface area contributed by atoms with Gasteiger partial charge in [0.05, 0.1) is 6.42 Å². The highest BCUT2D eigenvalue weighted by Crippen LogP contribution is 2.39. The smallest absolute Gasteiger partial charge is 0.227 e. The maximum atomic E-state index is 12.3. The number of benzene rings is 1. The molecule has 1 aromatic carbocycles. The van der Waals surface area contributed by atoms with Crippen LogP contribution in [0.25, 0.3) is 0 Å². The lowest BCUT2D eigenvalue weighted by Gasteiger charge is -2.44. The van der Waals surface area contributed by atoms with E-state index in [-0.39, 0.29) is 5.91 Å². The van der Waals surface area contributed by atoms with Gasteiger partial charge in [-0.1, -0.05) is 34.5 Å².